The Balaban J connectivity index is 1.66. The highest BCUT2D eigenvalue weighted by atomic mass is 32.2. The van der Waals surface area contributed by atoms with Gasteiger partial charge in [0.05, 0.1) is 17.0 Å². The monoisotopic (exact) mass is 449 g/mol. The molecule has 0 radical (unpaired) electrons. The van der Waals surface area contributed by atoms with Crippen LogP contribution in [0.1, 0.15) is 22.3 Å². The Hall–Kier alpha value is -2.90. The van der Waals surface area contributed by atoms with E-state index in [1.54, 1.807) is 4.57 Å². The summed E-state index contributed by atoms with van der Waals surface area (Å²) in [5.41, 5.74) is 6.46. The molecule has 0 fully saturated rings. The number of rotatable bonds is 5. The van der Waals surface area contributed by atoms with Crippen molar-refractivity contribution >= 4 is 44.9 Å². The first kappa shape index (κ1) is 21.3. The molecule has 0 bridgehead atoms. The first-order valence-electron chi connectivity index (χ1n) is 9.91. The topological polar surface area (TPSA) is 64.0 Å². The fourth-order valence-electron chi connectivity index (χ4n) is 3.27. The highest BCUT2D eigenvalue weighted by molar-refractivity contribution is 7.99. The van der Waals surface area contributed by atoms with Crippen LogP contribution in [0, 0.1) is 27.7 Å². The maximum absolute atomic E-state index is 13.2. The summed E-state index contributed by atoms with van der Waals surface area (Å²) in [6.45, 7) is 8.01. The van der Waals surface area contributed by atoms with Gasteiger partial charge in [-0.3, -0.25) is 14.2 Å². The molecular weight excluding hydrogens is 426 g/mol. The lowest BCUT2D eigenvalue weighted by molar-refractivity contribution is -0.113. The van der Waals surface area contributed by atoms with Crippen LogP contribution in [0.4, 0.5) is 5.69 Å². The van der Waals surface area contributed by atoms with Gasteiger partial charge in [0.25, 0.3) is 5.56 Å². The van der Waals surface area contributed by atoms with Gasteiger partial charge in [-0.15, -0.1) is 11.3 Å². The van der Waals surface area contributed by atoms with Crippen molar-refractivity contribution in [3.05, 3.63) is 80.5 Å². The molecular formula is C24H23N3O2S2. The Labute approximate surface area is 189 Å². The van der Waals surface area contributed by atoms with Crippen LogP contribution in [-0.4, -0.2) is 21.2 Å². The van der Waals surface area contributed by atoms with Crippen molar-refractivity contribution in [2.45, 2.75) is 32.9 Å². The van der Waals surface area contributed by atoms with Crippen LogP contribution < -0.4 is 10.9 Å². The van der Waals surface area contributed by atoms with Crippen LogP contribution >= 0.6 is 23.1 Å². The Bertz CT molecular complexity index is 1350. The minimum absolute atomic E-state index is 0.110. The molecule has 7 heteroatoms. The summed E-state index contributed by atoms with van der Waals surface area (Å²) < 4.78 is 2.23. The maximum atomic E-state index is 13.2. The minimum Gasteiger partial charge on any atom is -0.325 e. The number of aryl methyl sites for hydroxylation is 4. The third-order valence-corrected chi connectivity index (χ3v) is 7.03. The predicted molar refractivity (Wildman–Crippen MR) is 130 cm³/mol. The molecule has 5 nitrogen and oxygen atoms in total. The number of fused-ring (bicyclic) bond motifs is 1. The van der Waals surface area contributed by atoms with Gasteiger partial charge >= 0.3 is 0 Å². The molecule has 0 saturated carbocycles. The fourth-order valence-corrected chi connectivity index (χ4v) is 4.84. The van der Waals surface area contributed by atoms with Gasteiger partial charge in [0.1, 0.15) is 4.70 Å². The molecule has 2 aromatic heterocycles. The Kier molecular flexibility index (Phi) is 5.98. The molecule has 0 saturated heterocycles. The van der Waals surface area contributed by atoms with Crippen molar-refractivity contribution in [2.24, 2.45) is 0 Å². The fraction of sp³-hybridized carbons (Fsp3) is 0.208. The maximum Gasteiger partial charge on any atom is 0.276 e. The van der Waals surface area contributed by atoms with E-state index >= 15 is 0 Å². The molecule has 2 heterocycles. The molecule has 31 heavy (non-hydrogen) atoms. The van der Waals surface area contributed by atoms with Gasteiger partial charge in [-0.1, -0.05) is 30.0 Å². The second-order valence-electron chi connectivity index (χ2n) is 7.59. The van der Waals surface area contributed by atoms with Gasteiger partial charge in [-0.05, 0) is 79.6 Å². The number of benzene rings is 2. The number of carbonyl (C=O) groups is 1. The van der Waals surface area contributed by atoms with Gasteiger partial charge in [-0.2, -0.15) is 0 Å². The average Bonchev–Trinajstić information content (AvgIpc) is 3.20. The summed E-state index contributed by atoms with van der Waals surface area (Å²) in [4.78, 5) is 30.6. The molecule has 1 N–H and O–H groups in total. The summed E-state index contributed by atoms with van der Waals surface area (Å²) in [6, 6.07) is 13.7. The molecule has 2 aromatic carbocycles. The van der Waals surface area contributed by atoms with Crippen molar-refractivity contribution < 1.29 is 4.79 Å². The predicted octanol–water partition coefficient (Wildman–Crippen LogP) is 5.41. The largest absolute Gasteiger partial charge is 0.325 e. The van der Waals surface area contributed by atoms with Crippen LogP contribution in [0.5, 0.6) is 0 Å². The number of aromatic nitrogens is 2. The number of carbonyl (C=O) groups excluding carboxylic acids is 1. The zero-order valence-corrected chi connectivity index (χ0v) is 19.5. The summed E-state index contributed by atoms with van der Waals surface area (Å²) in [6.07, 6.45) is 0. The van der Waals surface area contributed by atoms with E-state index in [-0.39, 0.29) is 17.2 Å². The third-order valence-electron chi connectivity index (χ3n) is 5.20. The number of nitrogens with one attached hydrogen (secondary N) is 1. The van der Waals surface area contributed by atoms with Gasteiger partial charge in [0, 0.05) is 5.69 Å². The van der Waals surface area contributed by atoms with Crippen molar-refractivity contribution in [3.63, 3.8) is 0 Å². The minimum atomic E-state index is -0.134. The van der Waals surface area contributed by atoms with E-state index in [2.05, 4.69) is 5.32 Å². The second-order valence-corrected chi connectivity index (χ2v) is 9.45. The number of anilines is 1. The van der Waals surface area contributed by atoms with E-state index in [4.69, 9.17) is 4.98 Å². The van der Waals surface area contributed by atoms with Crippen molar-refractivity contribution in [2.75, 3.05) is 11.1 Å². The molecule has 4 aromatic rings. The quantitative estimate of drug-likeness (QED) is 0.327. The van der Waals surface area contributed by atoms with E-state index in [0.29, 0.717) is 15.4 Å². The van der Waals surface area contributed by atoms with Gasteiger partial charge in [-0.25, -0.2) is 4.98 Å². The molecule has 0 unspecified atom stereocenters. The Morgan fingerprint density at radius 2 is 1.81 bits per heavy atom. The highest BCUT2D eigenvalue weighted by Crippen LogP contribution is 2.25. The lowest BCUT2D eigenvalue weighted by Gasteiger charge is -2.14. The second kappa shape index (κ2) is 8.69. The Morgan fingerprint density at radius 1 is 1.03 bits per heavy atom. The number of thiophene rings is 1. The summed E-state index contributed by atoms with van der Waals surface area (Å²) in [5, 5.41) is 5.35. The molecule has 0 aliphatic rings. The molecule has 0 spiro atoms. The lowest BCUT2D eigenvalue weighted by Crippen LogP contribution is -2.22. The smallest absolute Gasteiger partial charge is 0.276 e. The van der Waals surface area contributed by atoms with Gasteiger partial charge in [0.2, 0.25) is 5.91 Å². The third kappa shape index (κ3) is 4.43. The van der Waals surface area contributed by atoms with Crippen molar-refractivity contribution in [3.8, 4) is 5.69 Å². The molecule has 4 rings (SSSR count). The van der Waals surface area contributed by atoms with E-state index < -0.39 is 0 Å². The summed E-state index contributed by atoms with van der Waals surface area (Å²) >= 11 is 2.65. The van der Waals surface area contributed by atoms with Crippen molar-refractivity contribution in [1.29, 1.82) is 0 Å². The number of amides is 1. The zero-order valence-electron chi connectivity index (χ0n) is 17.9. The number of thioether (sulfide) groups is 1. The van der Waals surface area contributed by atoms with Crippen molar-refractivity contribution in [1.82, 2.24) is 9.55 Å². The standard InChI is InChI=1S/C24H23N3O2S2/c1-14-5-6-16(3)20(11-14)25-21(28)13-31-24-26-19-9-10-30-22(19)23(29)27(24)18-8-7-15(2)17(4)12-18/h5-12H,13H2,1-4H3,(H,25,28). The van der Waals surface area contributed by atoms with Crippen LogP contribution in [0.3, 0.4) is 0 Å². The van der Waals surface area contributed by atoms with Crippen LogP contribution in [0.15, 0.2) is 57.8 Å². The van der Waals surface area contributed by atoms with E-state index in [1.165, 1.54) is 23.1 Å². The van der Waals surface area contributed by atoms with Crippen LogP contribution in [-0.2, 0) is 4.79 Å². The zero-order chi connectivity index (χ0) is 22.1. The molecule has 0 aliphatic heterocycles. The van der Waals surface area contributed by atoms with Crippen LogP contribution in [0.25, 0.3) is 15.9 Å². The summed E-state index contributed by atoms with van der Waals surface area (Å²) in [7, 11) is 0. The lowest BCUT2D eigenvalue weighted by atomic mass is 10.1. The van der Waals surface area contributed by atoms with Gasteiger partial charge < -0.3 is 5.32 Å². The first-order chi connectivity index (χ1) is 14.8. The average molecular weight is 450 g/mol. The highest BCUT2D eigenvalue weighted by Gasteiger charge is 2.16. The number of nitrogens with zero attached hydrogens (tertiary/aromatic N) is 2. The van der Waals surface area contributed by atoms with Gasteiger partial charge in [0.15, 0.2) is 5.16 Å². The molecule has 1 amide bonds. The normalized spacial score (nSPS) is 11.1. The number of hydrogen-bond acceptors (Lipinski definition) is 5. The Morgan fingerprint density at radius 3 is 2.58 bits per heavy atom. The van der Waals surface area contributed by atoms with E-state index in [1.807, 2.05) is 75.5 Å². The SMILES string of the molecule is Cc1ccc(C)c(NC(=O)CSc2nc3ccsc3c(=O)n2-c2ccc(C)c(C)c2)c1. The molecule has 0 aliphatic carbocycles. The molecule has 158 valence electrons. The number of hydrogen-bond donors (Lipinski definition) is 1. The van der Waals surface area contributed by atoms with Crippen LogP contribution in [0.2, 0.25) is 0 Å². The first-order valence-corrected chi connectivity index (χ1v) is 11.8. The molecule has 0 atom stereocenters. The van der Waals surface area contributed by atoms with E-state index in [0.717, 1.165) is 33.6 Å². The summed E-state index contributed by atoms with van der Waals surface area (Å²) in [5.74, 6) is 0.0188. The van der Waals surface area contributed by atoms with E-state index in [9.17, 15) is 9.59 Å².